The maximum Gasteiger partial charge on any atom is 0.243 e. The third kappa shape index (κ3) is 2.65. The van der Waals surface area contributed by atoms with Crippen LogP contribution in [0.5, 0.6) is 0 Å². The Balaban J connectivity index is 2.77. The van der Waals surface area contributed by atoms with E-state index in [1.165, 1.54) is 0 Å². The zero-order valence-corrected chi connectivity index (χ0v) is 10.5. The summed E-state index contributed by atoms with van der Waals surface area (Å²) in [6, 6.07) is -0.299. The van der Waals surface area contributed by atoms with Crippen LogP contribution < -0.4 is 5.32 Å². The van der Waals surface area contributed by atoms with Crippen molar-refractivity contribution in [3.05, 3.63) is 0 Å². The van der Waals surface area contributed by atoms with Crippen molar-refractivity contribution in [3.8, 4) is 0 Å². The summed E-state index contributed by atoms with van der Waals surface area (Å²) in [4.78, 5) is 25.2. The smallest absolute Gasteiger partial charge is 0.243 e. The van der Waals surface area contributed by atoms with Gasteiger partial charge >= 0.3 is 0 Å². The normalized spacial score (nSPS) is 21.6. The van der Waals surface area contributed by atoms with Crippen LogP contribution in [-0.4, -0.2) is 41.4 Å². The quantitative estimate of drug-likeness (QED) is 0.720. The van der Waals surface area contributed by atoms with Gasteiger partial charge in [0.25, 0.3) is 0 Å². The molecule has 15 heavy (non-hydrogen) atoms. The third-order valence-electron chi connectivity index (χ3n) is 2.33. The van der Waals surface area contributed by atoms with E-state index in [-0.39, 0.29) is 17.9 Å². The van der Waals surface area contributed by atoms with E-state index >= 15 is 0 Å². The molecule has 1 saturated heterocycles. The Bertz CT molecular complexity index is 273. The van der Waals surface area contributed by atoms with Gasteiger partial charge in [-0.05, 0) is 0 Å². The van der Waals surface area contributed by atoms with E-state index in [0.29, 0.717) is 11.6 Å². The SMILES string of the molecule is CNC(=O)C1CSCN1C(=O)C(C)(C)C. The number of likely N-dealkylation sites (N-methyl/N-ethyl adjacent to an activating group) is 1. The number of nitrogens with one attached hydrogen (secondary N) is 1. The molecule has 0 aromatic rings. The minimum absolute atomic E-state index is 0.0427. The molecule has 86 valence electrons. The van der Waals surface area contributed by atoms with Gasteiger partial charge in [-0.15, -0.1) is 11.8 Å². The Morgan fingerprint density at radius 2 is 2.00 bits per heavy atom. The number of thioether (sulfide) groups is 1. The number of rotatable bonds is 1. The Hall–Kier alpha value is -0.710. The van der Waals surface area contributed by atoms with Crippen molar-refractivity contribution in [2.75, 3.05) is 18.7 Å². The van der Waals surface area contributed by atoms with E-state index in [1.807, 2.05) is 20.8 Å². The highest BCUT2D eigenvalue weighted by Gasteiger charge is 2.38. The summed E-state index contributed by atoms with van der Waals surface area (Å²) < 4.78 is 0. The van der Waals surface area contributed by atoms with E-state index in [9.17, 15) is 9.59 Å². The van der Waals surface area contributed by atoms with Crippen LogP contribution in [0.15, 0.2) is 0 Å². The summed E-state index contributed by atoms with van der Waals surface area (Å²) in [7, 11) is 1.60. The zero-order valence-electron chi connectivity index (χ0n) is 9.66. The van der Waals surface area contributed by atoms with Crippen LogP contribution in [0.3, 0.4) is 0 Å². The minimum Gasteiger partial charge on any atom is -0.357 e. The summed E-state index contributed by atoms with van der Waals surface area (Å²) in [6.45, 7) is 5.62. The number of hydrogen-bond acceptors (Lipinski definition) is 3. The monoisotopic (exact) mass is 230 g/mol. The van der Waals surface area contributed by atoms with Crippen molar-refractivity contribution < 1.29 is 9.59 Å². The van der Waals surface area contributed by atoms with Crippen molar-refractivity contribution in [1.82, 2.24) is 10.2 Å². The molecule has 0 aromatic carbocycles. The number of amides is 2. The summed E-state index contributed by atoms with van der Waals surface area (Å²) in [5.74, 6) is 1.29. The first-order valence-corrected chi connectivity index (χ1v) is 6.14. The predicted octanol–water partition coefficient (Wildman–Crippen LogP) is 0.680. The van der Waals surface area contributed by atoms with E-state index in [0.717, 1.165) is 0 Å². The molecule has 1 atom stereocenters. The van der Waals surface area contributed by atoms with Gasteiger partial charge in [0, 0.05) is 18.2 Å². The number of nitrogens with zero attached hydrogens (tertiary/aromatic N) is 1. The molecule has 1 N–H and O–H groups in total. The first kappa shape index (κ1) is 12.4. The average molecular weight is 230 g/mol. The lowest BCUT2D eigenvalue weighted by Gasteiger charge is -2.29. The Morgan fingerprint density at radius 3 is 2.47 bits per heavy atom. The molecule has 1 rings (SSSR count). The van der Waals surface area contributed by atoms with E-state index < -0.39 is 5.41 Å². The number of carbonyl (C=O) groups is 2. The van der Waals surface area contributed by atoms with E-state index in [4.69, 9.17) is 0 Å². The molecule has 0 radical (unpaired) electrons. The largest absolute Gasteiger partial charge is 0.357 e. The molecule has 0 spiro atoms. The fourth-order valence-corrected chi connectivity index (χ4v) is 2.61. The first-order chi connectivity index (χ1) is 6.88. The van der Waals surface area contributed by atoms with Crippen LogP contribution in [0.2, 0.25) is 0 Å². The van der Waals surface area contributed by atoms with Gasteiger partial charge in [0.05, 0.1) is 5.88 Å². The third-order valence-corrected chi connectivity index (χ3v) is 3.35. The molecule has 2 amide bonds. The second-order valence-electron chi connectivity index (χ2n) is 4.65. The Morgan fingerprint density at radius 1 is 1.40 bits per heavy atom. The molecule has 1 heterocycles. The Labute approximate surface area is 94.8 Å². The van der Waals surface area contributed by atoms with Crippen molar-refractivity contribution in [2.45, 2.75) is 26.8 Å². The van der Waals surface area contributed by atoms with Crippen molar-refractivity contribution in [2.24, 2.45) is 5.41 Å². The van der Waals surface area contributed by atoms with Crippen LogP contribution in [0.4, 0.5) is 0 Å². The molecule has 1 fully saturated rings. The first-order valence-electron chi connectivity index (χ1n) is 4.98. The van der Waals surface area contributed by atoms with Crippen LogP contribution in [0, 0.1) is 5.41 Å². The molecule has 4 nitrogen and oxygen atoms in total. The van der Waals surface area contributed by atoms with Gasteiger partial charge < -0.3 is 10.2 Å². The molecule has 0 aromatic heterocycles. The average Bonchev–Trinajstić information content (AvgIpc) is 2.62. The van der Waals surface area contributed by atoms with Crippen LogP contribution in [0.1, 0.15) is 20.8 Å². The van der Waals surface area contributed by atoms with Crippen LogP contribution in [0.25, 0.3) is 0 Å². The summed E-state index contributed by atoms with van der Waals surface area (Å²) >= 11 is 1.62. The zero-order chi connectivity index (χ0) is 11.6. The molecule has 1 aliphatic heterocycles. The number of hydrogen-bond donors (Lipinski definition) is 1. The molecule has 5 heteroatoms. The van der Waals surface area contributed by atoms with Gasteiger partial charge in [-0.3, -0.25) is 9.59 Å². The lowest BCUT2D eigenvalue weighted by molar-refractivity contribution is -0.144. The maximum atomic E-state index is 12.0. The molecular weight excluding hydrogens is 212 g/mol. The van der Waals surface area contributed by atoms with Gasteiger partial charge in [-0.2, -0.15) is 0 Å². The molecular formula is C10H18N2O2S. The second kappa shape index (κ2) is 4.43. The maximum absolute atomic E-state index is 12.0. The highest BCUT2D eigenvalue weighted by molar-refractivity contribution is 7.99. The summed E-state index contributed by atoms with van der Waals surface area (Å²) in [5.41, 5.74) is -0.419. The van der Waals surface area contributed by atoms with Crippen molar-refractivity contribution in [3.63, 3.8) is 0 Å². The molecule has 0 aliphatic carbocycles. The molecule has 0 saturated carbocycles. The molecule has 1 unspecified atom stereocenters. The number of carbonyl (C=O) groups excluding carboxylic acids is 2. The second-order valence-corrected chi connectivity index (χ2v) is 5.65. The lowest BCUT2D eigenvalue weighted by atomic mass is 9.94. The highest BCUT2D eigenvalue weighted by atomic mass is 32.2. The van der Waals surface area contributed by atoms with Gasteiger partial charge in [-0.1, -0.05) is 20.8 Å². The van der Waals surface area contributed by atoms with Gasteiger partial charge in [0.1, 0.15) is 6.04 Å². The van der Waals surface area contributed by atoms with Gasteiger partial charge in [0.15, 0.2) is 0 Å². The van der Waals surface area contributed by atoms with E-state index in [1.54, 1.807) is 23.7 Å². The summed E-state index contributed by atoms with van der Waals surface area (Å²) in [6.07, 6.45) is 0. The van der Waals surface area contributed by atoms with Gasteiger partial charge in [0.2, 0.25) is 11.8 Å². The van der Waals surface area contributed by atoms with Gasteiger partial charge in [-0.25, -0.2) is 0 Å². The van der Waals surface area contributed by atoms with Crippen molar-refractivity contribution >= 4 is 23.6 Å². The van der Waals surface area contributed by atoms with Crippen molar-refractivity contribution in [1.29, 1.82) is 0 Å². The standard InChI is InChI=1S/C10H18N2O2S/c1-10(2,3)9(14)12-6-15-5-7(12)8(13)11-4/h7H,5-6H2,1-4H3,(H,11,13). The molecule has 1 aliphatic rings. The fraction of sp³-hybridized carbons (Fsp3) is 0.800. The van der Waals surface area contributed by atoms with Crippen LogP contribution in [-0.2, 0) is 9.59 Å². The predicted molar refractivity (Wildman–Crippen MR) is 61.5 cm³/mol. The summed E-state index contributed by atoms with van der Waals surface area (Å²) in [5, 5.41) is 2.60. The fourth-order valence-electron chi connectivity index (χ4n) is 1.46. The topological polar surface area (TPSA) is 49.4 Å². The lowest BCUT2D eigenvalue weighted by Crippen LogP contribution is -2.49. The minimum atomic E-state index is -0.419. The molecule has 0 bridgehead atoms. The van der Waals surface area contributed by atoms with Crippen LogP contribution >= 0.6 is 11.8 Å². The Kier molecular flexibility index (Phi) is 3.65. The highest BCUT2D eigenvalue weighted by Crippen LogP contribution is 2.27. The van der Waals surface area contributed by atoms with E-state index in [2.05, 4.69) is 5.32 Å².